The molecular formula is C12H12F5NO. The van der Waals surface area contributed by atoms with E-state index in [0.717, 1.165) is 0 Å². The monoisotopic (exact) mass is 281 g/mol. The normalized spacial score (nSPS) is 18.6. The molecule has 1 aliphatic heterocycles. The van der Waals surface area contributed by atoms with Crippen LogP contribution in [0.3, 0.4) is 0 Å². The lowest BCUT2D eigenvalue weighted by Gasteiger charge is -2.28. The summed E-state index contributed by atoms with van der Waals surface area (Å²) < 4.78 is 71.3. The van der Waals surface area contributed by atoms with Crippen LogP contribution in [0.4, 0.5) is 22.0 Å². The predicted octanol–water partition coefficient (Wildman–Crippen LogP) is 2.81. The number of halogens is 5. The van der Waals surface area contributed by atoms with Crippen molar-refractivity contribution in [2.75, 3.05) is 13.2 Å². The van der Waals surface area contributed by atoms with Crippen LogP contribution in [0.25, 0.3) is 0 Å². The quantitative estimate of drug-likeness (QED) is 0.514. The molecule has 2 nitrogen and oxygen atoms in total. The van der Waals surface area contributed by atoms with E-state index in [1.165, 1.54) is 0 Å². The molecule has 0 saturated carbocycles. The zero-order valence-electron chi connectivity index (χ0n) is 9.86. The summed E-state index contributed by atoms with van der Waals surface area (Å²) in [5, 5.41) is 0. The van der Waals surface area contributed by atoms with Gasteiger partial charge >= 0.3 is 0 Å². The molecule has 7 heteroatoms. The Morgan fingerprint density at radius 1 is 0.842 bits per heavy atom. The zero-order valence-corrected chi connectivity index (χ0v) is 9.86. The van der Waals surface area contributed by atoms with Crippen molar-refractivity contribution in [1.29, 1.82) is 0 Å². The minimum absolute atomic E-state index is 0.355. The number of rotatable bonds is 2. The van der Waals surface area contributed by atoms with E-state index >= 15 is 0 Å². The number of hydrogen-bond acceptors (Lipinski definition) is 2. The Morgan fingerprint density at radius 2 is 1.26 bits per heavy atom. The van der Waals surface area contributed by atoms with Gasteiger partial charge in [-0.3, -0.25) is 0 Å². The van der Waals surface area contributed by atoms with Crippen LogP contribution >= 0.6 is 0 Å². The Labute approximate surface area is 106 Å². The maximum atomic E-state index is 13.6. The first-order valence-electron chi connectivity index (χ1n) is 5.79. The molecular weight excluding hydrogens is 269 g/mol. The van der Waals surface area contributed by atoms with Crippen molar-refractivity contribution in [1.82, 2.24) is 0 Å². The first-order chi connectivity index (χ1) is 8.95. The van der Waals surface area contributed by atoms with Crippen LogP contribution in [0.5, 0.6) is 0 Å². The van der Waals surface area contributed by atoms with Crippen molar-refractivity contribution in [2.45, 2.75) is 18.9 Å². The summed E-state index contributed by atoms with van der Waals surface area (Å²) in [6, 6.07) is -1.24. The van der Waals surface area contributed by atoms with Crippen LogP contribution in [0.2, 0.25) is 0 Å². The molecule has 2 N–H and O–H groups in total. The van der Waals surface area contributed by atoms with E-state index in [0.29, 0.717) is 26.1 Å². The molecule has 0 radical (unpaired) electrons. The molecule has 0 aromatic heterocycles. The third kappa shape index (κ3) is 2.44. The Balaban J connectivity index is 2.43. The van der Waals surface area contributed by atoms with E-state index in [4.69, 9.17) is 10.5 Å². The molecule has 1 heterocycles. The third-order valence-corrected chi connectivity index (χ3v) is 3.35. The Kier molecular flexibility index (Phi) is 4.05. The van der Waals surface area contributed by atoms with Gasteiger partial charge in [0.1, 0.15) is 0 Å². The summed E-state index contributed by atoms with van der Waals surface area (Å²) in [6.07, 6.45) is 0.835. The minimum atomic E-state index is -2.17. The smallest absolute Gasteiger partial charge is 0.200 e. The van der Waals surface area contributed by atoms with Gasteiger partial charge in [-0.25, -0.2) is 22.0 Å². The van der Waals surface area contributed by atoms with Gasteiger partial charge in [0.25, 0.3) is 0 Å². The molecule has 0 aliphatic carbocycles. The zero-order chi connectivity index (χ0) is 14.2. The van der Waals surface area contributed by atoms with Crippen LogP contribution in [0.15, 0.2) is 0 Å². The van der Waals surface area contributed by atoms with Gasteiger partial charge in [0.15, 0.2) is 23.3 Å². The highest BCUT2D eigenvalue weighted by molar-refractivity contribution is 5.27. The van der Waals surface area contributed by atoms with Gasteiger partial charge in [0.2, 0.25) is 5.82 Å². The Morgan fingerprint density at radius 3 is 1.74 bits per heavy atom. The molecule has 0 bridgehead atoms. The molecule has 19 heavy (non-hydrogen) atoms. The molecule has 1 aromatic rings. The number of ether oxygens (including phenoxy) is 1. The Hall–Kier alpha value is -1.21. The van der Waals surface area contributed by atoms with Crippen molar-refractivity contribution < 1.29 is 26.7 Å². The van der Waals surface area contributed by atoms with Crippen LogP contribution in [0, 0.1) is 35.0 Å². The van der Waals surface area contributed by atoms with Crippen LogP contribution in [-0.2, 0) is 4.74 Å². The van der Waals surface area contributed by atoms with Gasteiger partial charge in [-0.15, -0.1) is 0 Å². The standard InChI is InChI=1S/C12H12F5NO/c13-7-6(8(14)10(16)11(17)9(7)15)12(18)5-1-3-19-4-2-5/h5,12H,1-4,18H2/t12-/m0/s1. The lowest BCUT2D eigenvalue weighted by atomic mass is 9.87. The van der Waals surface area contributed by atoms with Crippen molar-refractivity contribution in [3.63, 3.8) is 0 Å². The SMILES string of the molecule is N[C@H](c1c(F)c(F)c(F)c(F)c1F)C1CCOCC1. The molecule has 0 amide bonds. The molecule has 0 spiro atoms. The highest BCUT2D eigenvalue weighted by Gasteiger charge is 2.33. The average Bonchev–Trinajstić information content (AvgIpc) is 2.44. The van der Waals surface area contributed by atoms with Crippen molar-refractivity contribution in [3.05, 3.63) is 34.6 Å². The molecule has 1 fully saturated rings. The summed E-state index contributed by atoms with van der Waals surface area (Å²) in [4.78, 5) is 0. The van der Waals surface area contributed by atoms with Crippen LogP contribution < -0.4 is 5.73 Å². The summed E-state index contributed by atoms with van der Waals surface area (Å²) in [7, 11) is 0. The fourth-order valence-electron chi connectivity index (χ4n) is 2.23. The molecule has 106 valence electrons. The van der Waals surface area contributed by atoms with E-state index in [1.54, 1.807) is 0 Å². The second kappa shape index (κ2) is 5.42. The molecule has 1 aliphatic rings. The lowest BCUT2D eigenvalue weighted by Crippen LogP contribution is -2.29. The molecule has 0 unspecified atom stereocenters. The van der Waals surface area contributed by atoms with Crippen molar-refractivity contribution in [3.8, 4) is 0 Å². The second-order valence-corrected chi connectivity index (χ2v) is 4.46. The summed E-state index contributed by atoms with van der Waals surface area (Å²) >= 11 is 0. The largest absolute Gasteiger partial charge is 0.381 e. The fraction of sp³-hybridized carbons (Fsp3) is 0.500. The second-order valence-electron chi connectivity index (χ2n) is 4.46. The van der Waals surface area contributed by atoms with E-state index in [9.17, 15) is 22.0 Å². The summed E-state index contributed by atoms with van der Waals surface area (Å²) in [5.74, 6) is -10.2. The predicted molar refractivity (Wildman–Crippen MR) is 56.7 cm³/mol. The maximum absolute atomic E-state index is 13.6. The van der Waals surface area contributed by atoms with Gasteiger partial charge in [0.05, 0.1) is 0 Å². The van der Waals surface area contributed by atoms with E-state index in [-0.39, 0.29) is 5.92 Å². The summed E-state index contributed by atoms with van der Waals surface area (Å²) in [6.45, 7) is 0.710. The minimum Gasteiger partial charge on any atom is -0.381 e. The number of hydrogen-bond donors (Lipinski definition) is 1. The van der Waals surface area contributed by atoms with E-state index < -0.39 is 40.7 Å². The van der Waals surface area contributed by atoms with E-state index in [1.807, 2.05) is 0 Å². The van der Waals surface area contributed by atoms with Gasteiger partial charge in [-0.05, 0) is 18.8 Å². The fourth-order valence-corrected chi connectivity index (χ4v) is 2.23. The highest BCUT2D eigenvalue weighted by Crippen LogP contribution is 2.33. The van der Waals surface area contributed by atoms with Gasteiger partial charge < -0.3 is 10.5 Å². The topological polar surface area (TPSA) is 35.2 Å². The van der Waals surface area contributed by atoms with E-state index in [2.05, 4.69) is 0 Å². The molecule has 1 aromatic carbocycles. The number of benzene rings is 1. The maximum Gasteiger partial charge on any atom is 0.200 e. The average molecular weight is 281 g/mol. The van der Waals surface area contributed by atoms with Crippen molar-refractivity contribution >= 4 is 0 Å². The van der Waals surface area contributed by atoms with Crippen molar-refractivity contribution in [2.24, 2.45) is 11.7 Å². The first kappa shape index (κ1) is 14.2. The van der Waals surface area contributed by atoms with Crippen LogP contribution in [0.1, 0.15) is 24.4 Å². The van der Waals surface area contributed by atoms with Crippen LogP contribution in [-0.4, -0.2) is 13.2 Å². The summed E-state index contributed by atoms with van der Waals surface area (Å²) in [5.41, 5.74) is 4.73. The van der Waals surface area contributed by atoms with Gasteiger partial charge in [0, 0.05) is 24.8 Å². The third-order valence-electron chi connectivity index (χ3n) is 3.35. The Bertz CT molecular complexity index is 458. The number of nitrogens with two attached hydrogens (primary N) is 1. The highest BCUT2D eigenvalue weighted by atomic mass is 19.2. The lowest BCUT2D eigenvalue weighted by molar-refractivity contribution is 0.0573. The first-order valence-corrected chi connectivity index (χ1v) is 5.79. The van der Waals surface area contributed by atoms with Gasteiger partial charge in [-0.1, -0.05) is 0 Å². The van der Waals surface area contributed by atoms with Gasteiger partial charge in [-0.2, -0.15) is 0 Å². The molecule has 2 rings (SSSR count). The molecule has 1 atom stereocenters. The molecule has 1 saturated heterocycles.